The highest BCUT2D eigenvalue weighted by atomic mass is 16.6. The van der Waals surface area contributed by atoms with Gasteiger partial charge in [0.2, 0.25) is 5.91 Å². The highest BCUT2D eigenvalue weighted by Gasteiger charge is 2.09. The van der Waals surface area contributed by atoms with Gasteiger partial charge in [-0.25, -0.2) is 0 Å². The van der Waals surface area contributed by atoms with Crippen LogP contribution >= 0.6 is 0 Å². The van der Waals surface area contributed by atoms with E-state index in [1.807, 2.05) is 24.3 Å². The Hall–Kier alpha value is -3.15. The van der Waals surface area contributed by atoms with Crippen molar-refractivity contribution in [2.24, 2.45) is 0 Å². The molecule has 0 unspecified atom stereocenters. The normalized spacial score (nSPS) is 10.6. The van der Waals surface area contributed by atoms with Crippen molar-refractivity contribution in [2.45, 2.75) is 6.54 Å². The number of rotatable bonds is 6. The fraction of sp³-hybridized carbons (Fsp3) is 0.167. The van der Waals surface area contributed by atoms with Crippen molar-refractivity contribution in [3.8, 4) is 5.75 Å². The number of methoxy groups -OCH3 is 1. The van der Waals surface area contributed by atoms with E-state index in [0.29, 0.717) is 6.54 Å². The summed E-state index contributed by atoms with van der Waals surface area (Å²) in [5, 5.41) is 10.6. The number of amides is 1. The Morgan fingerprint density at radius 2 is 1.88 bits per heavy atom. The van der Waals surface area contributed by atoms with Gasteiger partial charge in [0.1, 0.15) is 5.75 Å². The number of hydrogen-bond acceptors (Lipinski definition) is 4. The van der Waals surface area contributed by atoms with Crippen LogP contribution in [-0.2, 0) is 11.3 Å². The molecule has 0 aliphatic heterocycles. The third kappa shape index (κ3) is 4.42. The zero-order valence-electron chi connectivity index (χ0n) is 13.5. The van der Waals surface area contributed by atoms with Crippen molar-refractivity contribution in [1.82, 2.24) is 4.90 Å². The molecule has 6 heteroatoms. The number of benzene rings is 2. The molecule has 0 saturated heterocycles. The quantitative estimate of drug-likeness (QED) is 0.464. The number of carbonyl (C=O) groups excluding carboxylic acids is 1. The lowest BCUT2D eigenvalue weighted by molar-refractivity contribution is -0.384. The fourth-order valence-corrected chi connectivity index (χ4v) is 2.17. The number of ether oxygens (including phenoxy) is 1. The van der Waals surface area contributed by atoms with Crippen LogP contribution in [0.5, 0.6) is 5.75 Å². The van der Waals surface area contributed by atoms with Crippen LogP contribution in [0.3, 0.4) is 0 Å². The molecule has 0 atom stereocenters. The highest BCUT2D eigenvalue weighted by Crippen LogP contribution is 2.19. The molecule has 24 heavy (non-hydrogen) atoms. The van der Waals surface area contributed by atoms with Crippen molar-refractivity contribution < 1.29 is 14.5 Å². The maximum Gasteiger partial charge on any atom is 0.269 e. The number of likely N-dealkylation sites (N-methyl/N-ethyl adjacent to an activating group) is 1. The summed E-state index contributed by atoms with van der Waals surface area (Å²) in [5.74, 6) is 0.566. The van der Waals surface area contributed by atoms with E-state index < -0.39 is 4.92 Å². The van der Waals surface area contributed by atoms with Crippen LogP contribution < -0.4 is 4.74 Å². The van der Waals surface area contributed by atoms with E-state index in [1.54, 1.807) is 37.3 Å². The van der Waals surface area contributed by atoms with Crippen LogP contribution in [0.15, 0.2) is 54.6 Å². The number of nitro benzene ring substituents is 1. The maximum absolute atomic E-state index is 12.2. The van der Waals surface area contributed by atoms with E-state index in [1.165, 1.54) is 18.2 Å². The average molecular weight is 326 g/mol. The number of hydrogen-bond donors (Lipinski definition) is 0. The second-order valence-electron chi connectivity index (χ2n) is 5.19. The van der Waals surface area contributed by atoms with Crippen LogP contribution in [0.2, 0.25) is 0 Å². The lowest BCUT2D eigenvalue weighted by Gasteiger charge is -2.17. The van der Waals surface area contributed by atoms with Crippen LogP contribution in [0.25, 0.3) is 6.08 Å². The molecule has 1 amide bonds. The second kappa shape index (κ2) is 7.92. The minimum absolute atomic E-state index is 0.0202. The van der Waals surface area contributed by atoms with E-state index in [2.05, 4.69) is 0 Å². The first kappa shape index (κ1) is 17.2. The summed E-state index contributed by atoms with van der Waals surface area (Å²) in [6, 6.07) is 13.5. The number of nitrogens with zero attached hydrogens (tertiary/aromatic N) is 2. The lowest BCUT2D eigenvalue weighted by Crippen LogP contribution is -2.24. The fourth-order valence-electron chi connectivity index (χ4n) is 2.17. The van der Waals surface area contributed by atoms with E-state index in [9.17, 15) is 14.9 Å². The maximum atomic E-state index is 12.2. The Kier molecular flexibility index (Phi) is 5.68. The Morgan fingerprint density at radius 3 is 2.50 bits per heavy atom. The molecule has 0 aliphatic carbocycles. The Balaban J connectivity index is 2.01. The summed E-state index contributed by atoms with van der Waals surface area (Å²) in [7, 11) is 3.30. The minimum Gasteiger partial charge on any atom is -0.496 e. The predicted octanol–water partition coefficient (Wildman–Crippen LogP) is 3.28. The van der Waals surface area contributed by atoms with Crippen LogP contribution in [0.1, 0.15) is 11.1 Å². The van der Waals surface area contributed by atoms with Crippen molar-refractivity contribution in [3.05, 3.63) is 75.8 Å². The van der Waals surface area contributed by atoms with Crippen molar-refractivity contribution in [2.75, 3.05) is 14.2 Å². The SMILES string of the molecule is COc1ccccc1CN(C)C(=O)/C=C/c1ccc([N+](=O)[O-])cc1. The average Bonchev–Trinajstić information content (AvgIpc) is 2.60. The smallest absolute Gasteiger partial charge is 0.269 e. The topological polar surface area (TPSA) is 72.7 Å². The summed E-state index contributed by atoms with van der Waals surface area (Å²) in [6.45, 7) is 0.424. The molecule has 0 heterocycles. The molecule has 6 nitrogen and oxygen atoms in total. The number of nitro groups is 1. The third-order valence-electron chi connectivity index (χ3n) is 3.50. The Morgan fingerprint density at radius 1 is 1.21 bits per heavy atom. The van der Waals surface area contributed by atoms with Crippen molar-refractivity contribution in [1.29, 1.82) is 0 Å². The van der Waals surface area contributed by atoms with Gasteiger partial charge in [0.05, 0.1) is 12.0 Å². The largest absolute Gasteiger partial charge is 0.496 e. The molecule has 0 aliphatic rings. The molecule has 0 fully saturated rings. The van der Waals surface area contributed by atoms with E-state index in [4.69, 9.17) is 4.74 Å². The molecule has 0 saturated carbocycles. The Bertz CT molecular complexity index is 754. The summed E-state index contributed by atoms with van der Waals surface area (Å²) in [5.41, 5.74) is 1.66. The van der Waals surface area contributed by atoms with Gasteiger partial charge in [0, 0.05) is 37.4 Å². The summed E-state index contributed by atoms with van der Waals surface area (Å²) in [6.07, 6.45) is 3.07. The first-order valence-corrected chi connectivity index (χ1v) is 7.31. The van der Waals surface area contributed by atoms with Gasteiger partial charge in [-0.3, -0.25) is 14.9 Å². The number of non-ortho nitro benzene ring substituents is 1. The van der Waals surface area contributed by atoms with E-state index in [-0.39, 0.29) is 11.6 Å². The summed E-state index contributed by atoms with van der Waals surface area (Å²) in [4.78, 5) is 23.9. The Labute approximate surface area is 140 Å². The minimum atomic E-state index is -0.459. The van der Waals surface area contributed by atoms with Gasteiger partial charge >= 0.3 is 0 Å². The van der Waals surface area contributed by atoms with Crippen LogP contribution in [0, 0.1) is 10.1 Å². The molecule has 2 rings (SSSR count). The van der Waals surface area contributed by atoms with Crippen molar-refractivity contribution >= 4 is 17.7 Å². The van der Waals surface area contributed by atoms with Gasteiger partial charge in [-0.1, -0.05) is 18.2 Å². The molecule has 2 aromatic carbocycles. The van der Waals surface area contributed by atoms with Gasteiger partial charge in [-0.2, -0.15) is 0 Å². The van der Waals surface area contributed by atoms with Gasteiger partial charge in [-0.15, -0.1) is 0 Å². The molecule has 0 aromatic heterocycles. The third-order valence-corrected chi connectivity index (χ3v) is 3.50. The molecule has 0 N–H and O–H groups in total. The van der Waals surface area contributed by atoms with Crippen molar-refractivity contribution in [3.63, 3.8) is 0 Å². The zero-order chi connectivity index (χ0) is 17.5. The molecule has 0 radical (unpaired) electrons. The summed E-state index contributed by atoms with van der Waals surface area (Å²) < 4.78 is 5.27. The predicted molar refractivity (Wildman–Crippen MR) is 91.6 cm³/mol. The van der Waals surface area contributed by atoms with Gasteiger partial charge < -0.3 is 9.64 Å². The molecule has 0 spiro atoms. The molecule has 2 aromatic rings. The summed E-state index contributed by atoms with van der Waals surface area (Å²) >= 11 is 0. The standard InChI is InChI=1S/C18H18N2O4/c1-19(13-15-5-3-4-6-17(15)24-2)18(21)12-9-14-7-10-16(11-8-14)20(22)23/h3-12H,13H2,1-2H3/b12-9+. The van der Waals surface area contributed by atoms with Crippen LogP contribution in [0.4, 0.5) is 5.69 Å². The molecular formula is C18H18N2O4. The van der Waals surface area contributed by atoms with Gasteiger partial charge in [-0.05, 0) is 29.8 Å². The lowest BCUT2D eigenvalue weighted by atomic mass is 10.1. The monoisotopic (exact) mass is 326 g/mol. The number of para-hydroxylation sites is 1. The van der Waals surface area contributed by atoms with Gasteiger partial charge in [0.15, 0.2) is 0 Å². The molecular weight excluding hydrogens is 308 g/mol. The van der Waals surface area contributed by atoms with Gasteiger partial charge in [0.25, 0.3) is 5.69 Å². The van der Waals surface area contributed by atoms with E-state index >= 15 is 0 Å². The molecule has 124 valence electrons. The zero-order valence-corrected chi connectivity index (χ0v) is 13.5. The first-order chi connectivity index (χ1) is 11.5. The number of carbonyl (C=O) groups is 1. The highest BCUT2D eigenvalue weighted by molar-refractivity contribution is 5.91. The van der Waals surface area contributed by atoms with Crippen LogP contribution in [-0.4, -0.2) is 29.9 Å². The van der Waals surface area contributed by atoms with E-state index in [0.717, 1.165) is 16.9 Å². The second-order valence-corrected chi connectivity index (χ2v) is 5.19. The molecule has 0 bridgehead atoms. The first-order valence-electron chi connectivity index (χ1n) is 7.31.